The quantitative estimate of drug-likeness (QED) is 0.752. The lowest BCUT2D eigenvalue weighted by Gasteiger charge is -2.09. The minimum absolute atomic E-state index is 0.173. The number of nitrogens with one attached hydrogen (secondary N) is 1. The van der Waals surface area contributed by atoms with E-state index in [9.17, 15) is 4.39 Å². The molecule has 0 atom stereocenters. The van der Waals surface area contributed by atoms with Gasteiger partial charge in [0.2, 0.25) is 0 Å². The third-order valence-electron chi connectivity index (χ3n) is 3.72. The average molecular weight is 268 g/mol. The van der Waals surface area contributed by atoms with Gasteiger partial charge in [-0.25, -0.2) is 4.39 Å². The van der Waals surface area contributed by atoms with Crippen LogP contribution in [-0.2, 0) is 13.6 Å². The van der Waals surface area contributed by atoms with Gasteiger partial charge in [0.1, 0.15) is 5.82 Å². The third-order valence-corrected chi connectivity index (χ3v) is 3.72. The molecular formula is C17H17FN2. The van der Waals surface area contributed by atoms with E-state index in [1.807, 2.05) is 25.2 Å². The zero-order valence-corrected chi connectivity index (χ0v) is 11.7. The zero-order chi connectivity index (χ0) is 14.1. The highest BCUT2D eigenvalue weighted by molar-refractivity contribution is 5.84. The van der Waals surface area contributed by atoms with Crippen LogP contribution in [0.25, 0.3) is 10.9 Å². The maximum Gasteiger partial charge on any atom is 0.128 e. The second-order valence-electron chi connectivity index (χ2n) is 5.05. The van der Waals surface area contributed by atoms with Gasteiger partial charge in [-0.2, -0.15) is 0 Å². The first-order valence-corrected chi connectivity index (χ1v) is 6.69. The molecule has 0 radical (unpaired) electrons. The lowest BCUT2D eigenvalue weighted by molar-refractivity contribution is 0.619. The van der Waals surface area contributed by atoms with Gasteiger partial charge in [-0.05, 0) is 30.7 Å². The number of hydrogen-bond donors (Lipinski definition) is 1. The fourth-order valence-electron chi connectivity index (χ4n) is 2.56. The molecule has 0 amide bonds. The van der Waals surface area contributed by atoms with Crippen LogP contribution in [0.15, 0.2) is 48.7 Å². The molecule has 0 saturated carbocycles. The van der Waals surface area contributed by atoms with Crippen LogP contribution in [0.5, 0.6) is 0 Å². The molecule has 1 aromatic heterocycles. The largest absolute Gasteiger partial charge is 0.381 e. The van der Waals surface area contributed by atoms with Crippen molar-refractivity contribution in [2.24, 2.45) is 7.05 Å². The van der Waals surface area contributed by atoms with Gasteiger partial charge >= 0.3 is 0 Å². The second-order valence-corrected chi connectivity index (χ2v) is 5.05. The summed E-state index contributed by atoms with van der Waals surface area (Å²) < 4.78 is 15.6. The average Bonchev–Trinajstić information content (AvgIpc) is 2.78. The number of anilines is 1. The molecule has 0 spiro atoms. The fraction of sp³-hybridized carbons (Fsp3) is 0.176. The Morgan fingerprint density at radius 2 is 1.90 bits per heavy atom. The lowest BCUT2D eigenvalue weighted by atomic mass is 10.1. The highest BCUT2D eigenvalue weighted by Gasteiger charge is 2.07. The molecule has 0 aliphatic rings. The number of nitrogens with zero attached hydrogens (tertiary/aromatic N) is 1. The molecule has 0 unspecified atom stereocenters. The first kappa shape index (κ1) is 12.7. The molecule has 0 fully saturated rings. The molecule has 102 valence electrons. The van der Waals surface area contributed by atoms with E-state index in [1.54, 1.807) is 13.0 Å². The van der Waals surface area contributed by atoms with Crippen LogP contribution in [0.1, 0.15) is 11.1 Å². The van der Waals surface area contributed by atoms with Crippen molar-refractivity contribution in [2.45, 2.75) is 13.5 Å². The standard InChI is InChI=1S/C17H17FN2/c1-12-15(18)7-5-8-16(12)19-10-13-11-20(2)17-9-4-3-6-14(13)17/h3-9,11,19H,10H2,1-2H3. The molecule has 2 nitrogen and oxygen atoms in total. The van der Waals surface area contributed by atoms with Crippen molar-refractivity contribution >= 4 is 16.6 Å². The Hall–Kier alpha value is -2.29. The topological polar surface area (TPSA) is 17.0 Å². The van der Waals surface area contributed by atoms with Crippen LogP contribution in [0.2, 0.25) is 0 Å². The van der Waals surface area contributed by atoms with Gasteiger partial charge in [-0.3, -0.25) is 0 Å². The van der Waals surface area contributed by atoms with Crippen molar-refractivity contribution in [3.8, 4) is 0 Å². The number of aryl methyl sites for hydroxylation is 1. The highest BCUT2D eigenvalue weighted by atomic mass is 19.1. The first-order chi connectivity index (χ1) is 9.66. The summed E-state index contributed by atoms with van der Waals surface area (Å²) in [6.07, 6.45) is 2.12. The molecule has 3 rings (SSSR count). The molecule has 1 N–H and O–H groups in total. The summed E-state index contributed by atoms with van der Waals surface area (Å²) in [4.78, 5) is 0. The third kappa shape index (κ3) is 2.16. The summed E-state index contributed by atoms with van der Waals surface area (Å²) >= 11 is 0. The summed E-state index contributed by atoms with van der Waals surface area (Å²) in [5, 5.41) is 4.56. The zero-order valence-electron chi connectivity index (χ0n) is 11.7. The number of para-hydroxylation sites is 1. The minimum Gasteiger partial charge on any atom is -0.381 e. The summed E-state index contributed by atoms with van der Waals surface area (Å²) in [6.45, 7) is 2.48. The predicted octanol–water partition coefficient (Wildman–Crippen LogP) is 4.24. The number of halogens is 1. The van der Waals surface area contributed by atoms with E-state index in [-0.39, 0.29) is 5.82 Å². The van der Waals surface area contributed by atoms with Gasteiger partial charge in [0.15, 0.2) is 0 Å². The van der Waals surface area contributed by atoms with Gasteiger partial charge in [0.05, 0.1) is 0 Å². The number of fused-ring (bicyclic) bond motifs is 1. The molecule has 0 bridgehead atoms. The van der Waals surface area contributed by atoms with Crippen LogP contribution in [0.3, 0.4) is 0 Å². The maximum atomic E-state index is 13.5. The van der Waals surface area contributed by atoms with Gasteiger partial charge in [-0.15, -0.1) is 0 Å². The molecule has 0 aliphatic heterocycles. The highest BCUT2D eigenvalue weighted by Crippen LogP contribution is 2.23. The van der Waals surface area contributed by atoms with E-state index < -0.39 is 0 Å². The van der Waals surface area contributed by atoms with Crippen molar-refractivity contribution in [3.05, 3.63) is 65.6 Å². The minimum atomic E-state index is -0.173. The summed E-state index contributed by atoms with van der Waals surface area (Å²) in [5.74, 6) is -0.173. The summed E-state index contributed by atoms with van der Waals surface area (Å²) in [7, 11) is 2.04. The number of benzene rings is 2. The van der Waals surface area contributed by atoms with Gasteiger partial charge in [0.25, 0.3) is 0 Å². The maximum absolute atomic E-state index is 13.5. The number of hydrogen-bond acceptors (Lipinski definition) is 1. The van der Waals surface area contributed by atoms with Crippen molar-refractivity contribution in [3.63, 3.8) is 0 Å². The van der Waals surface area contributed by atoms with Gasteiger partial charge in [0, 0.05) is 41.9 Å². The van der Waals surface area contributed by atoms with Crippen molar-refractivity contribution in [1.82, 2.24) is 4.57 Å². The fourth-order valence-corrected chi connectivity index (χ4v) is 2.56. The molecule has 2 aromatic carbocycles. The predicted molar refractivity (Wildman–Crippen MR) is 81.4 cm³/mol. The Balaban J connectivity index is 1.89. The monoisotopic (exact) mass is 268 g/mol. The second kappa shape index (κ2) is 5.00. The summed E-state index contributed by atoms with van der Waals surface area (Å²) in [6, 6.07) is 13.4. The Kier molecular flexibility index (Phi) is 3.18. The van der Waals surface area contributed by atoms with Crippen LogP contribution >= 0.6 is 0 Å². The smallest absolute Gasteiger partial charge is 0.128 e. The Morgan fingerprint density at radius 1 is 1.10 bits per heavy atom. The Labute approximate surface area is 117 Å². The number of rotatable bonds is 3. The Morgan fingerprint density at radius 3 is 2.75 bits per heavy atom. The lowest BCUT2D eigenvalue weighted by Crippen LogP contribution is -2.01. The molecule has 3 aromatic rings. The van der Waals surface area contributed by atoms with E-state index in [1.165, 1.54) is 22.5 Å². The van der Waals surface area contributed by atoms with Crippen LogP contribution in [0.4, 0.5) is 10.1 Å². The van der Waals surface area contributed by atoms with Crippen molar-refractivity contribution in [1.29, 1.82) is 0 Å². The molecule has 3 heteroatoms. The first-order valence-electron chi connectivity index (χ1n) is 6.69. The molecule has 0 saturated heterocycles. The van der Waals surface area contributed by atoms with Gasteiger partial charge < -0.3 is 9.88 Å². The normalized spacial score (nSPS) is 10.9. The van der Waals surface area contributed by atoms with E-state index in [0.717, 1.165) is 5.69 Å². The summed E-state index contributed by atoms with van der Waals surface area (Å²) in [5.41, 5.74) is 3.93. The van der Waals surface area contributed by atoms with E-state index >= 15 is 0 Å². The SMILES string of the molecule is Cc1c(F)cccc1NCc1cn(C)c2ccccc12. The molecule has 20 heavy (non-hydrogen) atoms. The van der Waals surface area contributed by atoms with Crippen LogP contribution in [-0.4, -0.2) is 4.57 Å². The van der Waals surface area contributed by atoms with E-state index in [4.69, 9.17) is 0 Å². The van der Waals surface area contributed by atoms with Crippen LogP contribution in [0, 0.1) is 12.7 Å². The van der Waals surface area contributed by atoms with Crippen molar-refractivity contribution < 1.29 is 4.39 Å². The molecular weight excluding hydrogens is 251 g/mol. The molecule has 0 aliphatic carbocycles. The van der Waals surface area contributed by atoms with E-state index in [0.29, 0.717) is 12.1 Å². The van der Waals surface area contributed by atoms with E-state index in [2.05, 4.69) is 28.2 Å². The number of aromatic nitrogens is 1. The van der Waals surface area contributed by atoms with Gasteiger partial charge in [-0.1, -0.05) is 24.3 Å². The Bertz CT molecular complexity index is 759. The molecule has 1 heterocycles. The van der Waals surface area contributed by atoms with Crippen LogP contribution < -0.4 is 5.32 Å². The van der Waals surface area contributed by atoms with Crippen molar-refractivity contribution in [2.75, 3.05) is 5.32 Å².